The number of ether oxygens (including phenoxy) is 1. The summed E-state index contributed by atoms with van der Waals surface area (Å²) >= 11 is 0. The van der Waals surface area contributed by atoms with Gasteiger partial charge in [-0.3, -0.25) is 9.59 Å². The number of amides is 2. The Balaban J connectivity index is 1.69. The summed E-state index contributed by atoms with van der Waals surface area (Å²) in [6.45, 7) is 0.841. The van der Waals surface area contributed by atoms with E-state index in [1.54, 1.807) is 24.3 Å². The number of rotatable bonds is 9. The van der Waals surface area contributed by atoms with Gasteiger partial charge in [-0.25, -0.2) is 0 Å². The quantitative estimate of drug-likeness (QED) is 0.644. The molecule has 6 nitrogen and oxygen atoms in total. The van der Waals surface area contributed by atoms with Gasteiger partial charge in [-0.15, -0.1) is 0 Å². The van der Waals surface area contributed by atoms with E-state index < -0.39 is 0 Å². The second-order valence-corrected chi connectivity index (χ2v) is 5.36. The second kappa shape index (κ2) is 10.1. The van der Waals surface area contributed by atoms with Crippen LogP contribution in [0.2, 0.25) is 0 Å². The highest BCUT2D eigenvalue weighted by molar-refractivity contribution is 5.94. The molecule has 0 unspecified atom stereocenters. The van der Waals surface area contributed by atoms with E-state index in [1.165, 1.54) is 0 Å². The number of aliphatic hydroxyl groups is 1. The first-order valence-corrected chi connectivity index (χ1v) is 8.11. The number of carbonyl (C=O) groups is 2. The fourth-order valence-corrected chi connectivity index (χ4v) is 2.11. The first-order chi connectivity index (χ1) is 12.2. The van der Waals surface area contributed by atoms with Gasteiger partial charge in [-0.2, -0.15) is 0 Å². The van der Waals surface area contributed by atoms with E-state index in [0.29, 0.717) is 18.7 Å². The Hall–Kier alpha value is -2.86. The zero-order valence-corrected chi connectivity index (χ0v) is 13.9. The fourth-order valence-electron chi connectivity index (χ4n) is 2.11. The van der Waals surface area contributed by atoms with Crippen molar-refractivity contribution in [2.24, 2.45) is 0 Å². The van der Waals surface area contributed by atoms with Gasteiger partial charge in [-0.05, 0) is 29.8 Å². The lowest BCUT2D eigenvalue weighted by Crippen LogP contribution is -2.26. The topological polar surface area (TPSA) is 87.7 Å². The van der Waals surface area contributed by atoms with E-state index in [2.05, 4.69) is 10.6 Å². The largest absolute Gasteiger partial charge is 0.493 e. The summed E-state index contributed by atoms with van der Waals surface area (Å²) in [5, 5.41) is 14.1. The Kier molecular flexibility index (Phi) is 7.46. The molecule has 25 heavy (non-hydrogen) atoms. The molecular formula is C19H22N2O4. The zero-order valence-electron chi connectivity index (χ0n) is 13.9. The van der Waals surface area contributed by atoms with Crippen molar-refractivity contribution < 1.29 is 19.4 Å². The number of nitrogens with one attached hydrogen (secondary N) is 2. The third-order valence-electron chi connectivity index (χ3n) is 3.44. The fraction of sp³-hybridized carbons (Fsp3) is 0.263. The van der Waals surface area contributed by atoms with E-state index in [1.807, 2.05) is 30.3 Å². The van der Waals surface area contributed by atoms with Crippen LogP contribution in [0.25, 0.3) is 0 Å². The number of para-hydroxylation sites is 1. The van der Waals surface area contributed by atoms with Crippen LogP contribution in [-0.4, -0.2) is 36.7 Å². The molecule has 3 N–H and O–H groups in total. The van der Waals surface area contributed by atoms with Crippen molar-refractivity contribution in [2.45, 2.75) is 13.0 Å². The SMILES string of the molecule is O=C(CCOc1ccccc1)NCc1ccc(C(=O)NCCO)cc1. The normalized spacial score (nSPS) is 10.1. The number of benzene rings is 2. The van der Waals surface area contributed by atoms with Crippen LogP contribution in [-0.2, 0) is 11.3 Å². The molecule has 0 aliphatic heterocycles. The Morgan fingerprint density at radius 2 is 1.68 bits per heavy atom. The Morgan fingerprint density at radius 1 is 0.960 bits per heavy atom. The highest BCUT2D eigenvalue weighted by Gasteiger charge is 2.05. The highest BCUT2D eigenvalue weighted by Crippen LogP contribution is 2.08. The average Bonchev–Trinajstić information content (AvgIpc) is 2.65. The van der Waals surface area contributed by atoms with Crippen molar-refractivity contribution in [3.8, 4) is 5.75 Å². The molecule has 6 heteroatoms. The summed E-state index contributed by atoms with van der Waals surface area (Å²) in [6.07, 6.45) is 0.274. The lowest BCUT2D eigenvalue weighted by molar-refractivity contribution is -0.121. The van der Waals surface area contributed by atoms with Gasteiger partial charge in [0.1, 0.15) is 5.75 Å². The van der Waals surface area contributed by atoms with Crippen LogP contribution in [0, 0.1) is 0 Å². The lowest BCUT2D eigenvalue weighted by atomic mass is 10.1. The predicted molar refractivity (Wildman–Crippen MR) is 94.3 cm³/mol. The van der Waals surface area contributed by atoms with E-state index in [0.717, 1.165) is 11.3 Å². The summed E-state index contributed by atoms with van der Waals surface area (Å²) in [6, 6.07) is 16.3. The molecule has 132 valence electrons. The van der Waals surface area contributed by atoms with Crippen LogP contribution in [0.1, 0.15) is 22.3 Å². The summed E-state index contributed by atoms with van der Waals surface area (Å²) in [5.74, 6) is 0.411. The van der Waals surface area contributed by atoms with Crippen LogP contribution in [0.15, 0.2) is 54.6 Å². The zero-order chi connectivity index (χ0) is 17.9. The maximum atomic E-state index is 11.8. The van der Waals surface area contributed by atoms with Crippen molar-refractivity contribution in [3.63, 3.8) is 0 Å². The Bertz CT molecular complexity index is 672. The molecule has 0 saturated heterocycles. The molecule has 2 amide bonds. The van der Waals surface area contributed by atoms with Crippen LogP contribution >= 0.6 is 0 Å². The molecule has 0 atom stereocenters. The average molecular weight is 342 g/mol. The molecule has 0 radical (unpaired) electrons. The van der Waals surface area contributed by atoms with Gasteiger partial charge in [0.2, 0.25) is 5.91 Å². The molecule has 2 rings (SSSR count). The standard InChI is InChI=1S/C19H22N2O4/c22-12-11-20-19(24)16-8-6-15(7-9-16)14-21-18(23)10-13-25-17-4-2-1-3-5-17/h1-9,22H,10-14H2,(H,20,24)(H,21,23). The van der Waals surface area contributed by atoms with E-state index in [-0.39, 0.29) is 31.4 Å². The van der Waals surface area contributed by atoms with Gasteiger partial charge in [-0.1, -0.05) is 30.3 Å². The second-order valence-electron chi connectivity index (χ2n) is 5.36. The number of hydrogen-bond donors (Lipinski definition) is 3. The van der Waals surface area contributed by atoms with Crippen molar-refractivity contribution in [1.82, 2.24) is 10.6 Å². The maximum Gasteiger partial charge on any atom is 0.251 e. The molecular weight excluding hydrogens is 320 g/mol. The Morgan fingerprint density at radius 3 is 2.36 bits per heavy atom. The molecule has 0 heterocycles. The van der Waals surface area contributed by atoms with Crippen molar-refractivity contribution in [3.05, 3.63) is 65.7 Å². The summed E-state index contributed by atoms with van der Waals surface area (Å²) in [5.41, 5.74) is 1.41. The smallest absolute Gasteiger partial charge is 0.251 e. The Labute approximate surface area is 146 Å². The molecule has 0 saturated carbocycles. The monoisotopic (exact) mass is 342 g/mol. The maximum absolute atomic E-state index is 11.8. The lowest BCUT2D eigenvalue weighted by Gasteiger charge is -2.08. The number of aliphatic hydroxyl groups excluding tert-OH is 1. The minimum atomic E-state index is -0.234. The third kappa shape index (κ3) is 6.64. The van der Waals surface area contributed by atoms with Crippen LogP contribution in [0.5, 0.6) is 5.75 Å². The van der Waals surface area contributed by atoms with E-state index in [4.69, 9.17) is 9.84 Å². The first-order valence-electron chi connectivity index (χ1n) is 8.11. The van der Waals surface area contributed by atoms with Crippen LogP contribution < -0.4 is 15.4 Å². The van der Waals surface area contributed by atoms with E-state index in [9.17, 15) is 9.59 Å². The summed E-state index contributed by atoms with van der Waals surface area (Å²) in [4.78, 5) is 23.5. The first kappa shape index (κ1) is 18.5. The molecule has 2 aromatic carbocycles. The van der Waals surface area contributed by atoms with Gasteiger partial charge in [0.05, 0.1) is 19.6 Å². The molecule has 2 aromatic rings. The van der Waals surface area contributed by atoms with E-state index >= 15 is 0 Å². The molecule has 0 spiro atoms. The molecule has 0 bridgehead atoms. The molecule has 0 aliphatic rings. The number of carbonyl (C=O) groups excluding carboxylic acids is 2. The molecule has 0 aromatic heterocycles. The minimum Gasteiger partial charge on any atom is -0.493 e. The van der Waals surface area contributed by atoms with Gasteiger partial charge < -0.3 is 20.5 Å². The molecule has 0 aliphatic carbocycles. The predicted octanol–water partition coefficient (Wildman–Crippen LogP) is 1.49. The van der Waals surface area contributed by atoms with Gasteiger partial charge >= 0.3 is 0 Å². The van der Waals surface area contributed by atoms with Gasteiger partial charge in [0.25, 0.3) is 5.91 Å². The third-order valence-corrected chi connectivity index (χ3v) is 3.44. The van der Waals surface area contributed by atoms with Crippen LogP contribution in [0.4, 0.5) is 0 Å². The van der Waals surface area contributed by atoms with Crippen molar-refractivity contribution in [2.75, 3.05) is 19.8 Å². The summed E-state index contributed by atoms with van der Waals surface area (Å²) < 4.78 is 5.48. The van der Waals surface area contributed by atoms with Crippen LogP contribution in [0.3, 0.4) is 0 Å². The van der Waals surface area contributed by atoms with Crippen molar-refractivity contribution >= 4 is 11.8 Å². The summed E-state index contributed by atoms with van der Waals surface area (Å²) in [7, 11) is 0. The minimum absolute atomic E-state index is 0.0934. The number of hydrogen-bond acceptors (Lipinski definition) is 4. The molecule has 0 fully saturated rings. The highest BCUT2D eigenvalue weighted by atomic mass is 16.5. The van der Waals surface area contributed by atoms with Gasteiger partial charge in [0, 0.05) is 18.7 Å². The van der Waals surface area contributed by atoms with Gasteiger partial charge in [0.15, 0.2) is 0 Å². The van der Waals surface area contributed by atoms with Crippen molar-refractivity contribution in [1.29, 1.82) is 0 Å².